The van der Waals surface area contributed by atoms with Gasteiger partial charge in [0.2, 0.25) is 0 Å². The van der Waals surface area contributed by atoms with E-state index in [4.69, 9.17) is 37.0 Å². The van der Waals surface area contributed by atoms with E-state index in [-0.39, 0.29) is 25.7 Å². The molecule has 2 unspecified atom stereocenters. The largest absolute Gasteiger partial charge is 0.472 e. The lowest BCUT2D eigenvalue weighted by molar-refractivity contribution is -0.161. The van der Waals surface area contributed by atoms with E-state index in [1.807, 2.05) is 18.2 Å². The van der Waals surface area contributed by atoms with Crippen LogP contribution >= 0.6 is 15.6 Å². The zero-order valence-electron chi connectivity index (χ0n) is 65.9. The number of carbonyl (C=O) groups is 4. The highest BCUT2D eigenvalue weighted by Crippen LogP contribution is 2.45. The van der Waals surface area contributed by atoms with Gasteiger partial charge in [0, 0.05) is 25.7 Å². The van der Waals surface area contributed by atoms with Crippen LogP contribution in [0.3, 0.4) is 0 Å². The first-order valence-electron chi connectivity index (χ1n) is 41.5. The summed E-state index contributed by atoms with van der Waals surface area (Å²) in [6.45, 7) is 4.77. The smallest absolute Gasteiger partial charge is 0.462 e. The summed E-state index contributed by atoms with van der Waals surface area (Å²) in [5, 5.41) is 10.6. The van der Waals surface area contributed by atoms with Gasteiger partial charge in [-0.3, -0.25) is 37.3 Å². The molecule has 0 radical (unpaired) electrons. The molecule has 0 saturated heterocycles. The highest BCUT2D eigenvalue weighted by molar-refractivity contribution is 7.47. The second-order valence-corrected chi connectivity index (χ2v) is 30.6. The fraction of sp³-hybridized carbons (Fsp3) is 0.765. The lowest BCUT2D eigenvalue weighted by Gasteiger charge is -2.21. The molecule has 0 bridgehead atoms. The summed E-state index contributed by atoms with van der Waals surface area (Å²) in [5.74, 6) is -2.28. The van der Waals surface area contributed by atoms with E-state index in [0.29, 0.717) is 32.1 Å². The van der Waals surface area contributed by atoms with Gasteiger partial charge in [-0.2, -0.15) is 0 Å². The van der Waals surface area contributed by atoms with Gasteiger partial charge in [0.05, 0.1) is 26.4 Å². The van der Waals surface area contributed by atoms with E-state index in [9.17, 15) is 43.2 Å². The standard InChI is InChI=1S/C85H150O17P2/c1-5-9-13-17-21-25-29-33-37-38-39-40-44-48-52-56-60-64-68-72-85(90)102-81(76-96-83(88)70-66-62-58-54-50-46-42-35-31-27-23-19-15-11-7-3)78-100-104(93,94)98-74-79(86)73-97-103(91,92)99-77-80(101-84(89)71-67-63-59-55-51-47-43-36-32-28-24-20-16-12-8-4)75-95-82(87)69-65-61-57-53-49-45-41-34-30-26-22-18-14-10-6-2/h21,25,27,31,33-34,36-37,39-41,43,48,52,60,64,79-81,86H,5-20,22-24,26,28-30,32,35,38,42,44-47,49-51,53-59,61-63,65-78H2,1-4H3,(H,91,92)(H,93,94)/b25-21-,31-27-,37-33-,40-39-,41-34-,43-36-,52-48-,64-60-/t79-,80-,81-/m1/s1. The van der Waals surface area contributed by atoms with E-state index in [0.717, 1.165) is 141 Å². The number of phosphoric acid groups is 2. The Labute approximate surface area is 633 Å². The second-order valence-electron chi connectivity index (χ2n) is 27.7. The van der Waals surface area contributed by atoms with Crippen LogP contribution in [0.4, 0.5) is 0 Å². The van der Waals surface area contributed by atoms with Gasteiger partial charge in [0.15, 0.2) is 12.2 Å². The third-order valence-corrected chi connectivity index (χ3v) is 19.4. The molecule has 0 aliphatic heterocycles. The lowest BCUT2D eigenvalue weighted by Crippen LogP contribution is -2.30. The number of aliphatic hydroxyl groups is 1. The van der Waals surface area contributed by atoms with Crippen molar-refractivity contribution in [2.75, 3.05) is 39.6 Å². The number of aliphatic hydroxyl groups excluding tert-OH is 1. The average Bonchev–Trinajstić information content (AvgIpc) is 0.943. The topological polar surface area (TPSA) is 237 Å². The van der Waals surface area contributed by atoms with E-state index < -0.39 is 97.5 Å². The monoisotopic (exact) mass is 1510 g/mol. The van der Waals surface area contributed by atoms with Crippen LogP contribution in [0.25, 0.3) is 0 Å². The quantitative estimate of drug-likeness (QED) is 0.0169. The molecule has 0 rings (SSSR count). The molecule has 0 aromatic rings. The predicted octanol–water partition coefficient (Wildman–Crippen LogP) is 24.3. The fourth-order valence-electron chi connectivity index (χ4n) is 11.1. The Bertz CT molecular complexity index is 2350. The Morgan fingerprint density at radius 1 is 0.269 bits per heavy atom. The van der Waals surface area contributed by atoms with Gasteiger partial charge in [-0.15, -0.1) is 0 Å². The number of carbonyl (C=O) groups excluding carboxylic acids is 4. The van der Waals surface area contributed by atoms with Crippen molar-refractivity contribution in [2.45, 2.75) is 380 Å². The number of rotatable bonds is 78. The van der Waals surface area contributed by atoms with E-state index >= 15 is 0 Å². The molecule has 602 valence electrons. The highest BCUT2D eigenvalue weighted by Gasteiger charge is 2.30. The van der Waals surface area contributed by atoms with Crippen molar-refractivity contribution in [3.8, 4) is 0 Å². The van der Waals surface area contributed by atoms with Crippen molar-refractivity contribution < 1.29 is 80.2 Å². The second kappa shape index (κ2) is 77.1. The van der Waals surface area contributed by atoms with Gasteiger partial charge in [-0.25, -0.2) is 9.13 Å². The number of ether oxygens (including phenoxy) is 4. The highest BCUT2D eigenvalue weighted by atomic mass is 31.2. The van der Waals surface area contributed by atoms with E-state index in [2.05, 4.69) is 107 Å². The molecule has 5 atom stereocenters. The number of hydrogen-bond donors (Lipinski definition) is 3. The van der Waals surface area contributed by atoms with Crippen LogP contribution in [-0.2, 0) is 65.4 Å². The maximum Gasteiger partial charge on any atom is 0.472 e. The van der Waals surface area contributed by atoms with Gasteiger partial charge in [-0.05, 0) is 141 Å². The Hall–Kier alpha value is -4.02. The average molecular weight is 1510 g/mol. The molecule has 104 heavy (non-hydrogen) atoms. The van der Waals surface area contributed by atoms with Crippen molar-refractivity contribution in [2.24, 2.45) is 0 Å². The summed E-state index contributed by atoms with van der Waals surface area (Å²) in [4.78, 5) is 73.1. The first kappa shape index (κ1) is 100.0. The first-order valence-corrected chi connectivity index (χ1v) is 44.5. The molecule has 0 fully saturated rings. The van der Waals surface area contributed by atoms with Crippen LogP contribution in [-0.4, -0.2) is 96.7 Å². The zero-order chi connectivity index (χ0) is 76.0. The molecular formula is C85H150O17P2. The third kappa shape index (κ3) is 76.2. The van der Waals surface area contributed by atoms with Crippen LogP contribution in [0.5, 0.6) is 0 Å². The van der Waals surface area contributed by atoms with Crippen molar-refractivity contribution in [3.63, 3.8) is 0 Å². The Morgan fingerprint density at radius 3 is 0.817 bits per heavy atom. The number of allylic oxidation sites excluding steroid dienone is 16. The van der Waals surface area contributed by atoms with Gasteiger partial charge >= 0.3 is 39.5 Å². The Kier molecular flexibility index (Phi) is 74.2. The van der Waals surface area contributed by atoms with Gasteiger partial charge in [0.1, 0.15) is 19.3 Å². The maximum absolute atomic E-state index is 13.1. The summed E-state index contributed by atoms with van der Waals surface area (Å²) >= 11 is 0. The summed E-state index contributed by atoms with van der Waals surface area (Å²) < 4.78 is 68.6. The van der Waals surface area contributed by atoms with Crippen LogP contribution in [0, 0.1) is 0 Å². The minimum Gasteiger partial charge on any atom is -0.462 e. The molecule has 0 amide bonds. The third-order valence-electron chi connectivity index (χ3n) is 17.5. The minimum atomic E-state index is -5.00. The van der Waals surface area contributed by atoms with Crippen LogP contribution < -0.4 is 0 Å². The zero-order valence-corrected chi connectivity index (χ0v) is 67.7. The molecule has 19 heteroatoms. The molecule has 3 N–H and O–H groups in total. The normalized spacial score (nSPS) is 14.3. The van der Waals surface area contributed by atoms with Gasteiger partial charge in [0.25, 0.3) is 0 Å². The molecule has 0 saturated carbocycles. The molecule has 17 nitrogen and oxygen atoms in total. The predicted molar refractivity (Wildman–Crippen MR) is 427 cm³/mol. The lowest BCUT2D eigenvalue weighted by atomic mass is 10.1. The SMILES string of the molecule is CCCCC/C=C\C/C=C\C/C=C\C/C=C\C/C=C\CCC(=O)O[C@H](COC(=O)CCCCCCCCC/C=C\CCCCCC)COP(=O)(O)OC[C@H](O)COP(=O)(O)OC[C@@H](COC(=O)CCCCCCC/C=C\CCCCCCCC)OC(=O)CCCCCCC/C=C\CCCCCCCC. The molecule has 0 aliphatic rings. The van der Waals surface area contributed by atoms with Gasteiger partial charge in [-0.1, -0.05) is 292 Å². The maximum atomic E-state index is 13.1. The minimum absolute atomic E-state index is 0.0288. The fourth-order valence-corrected chi connectivity index (χ4v) is 12.7. The summed E-state index contributed by atoms with van der Waals surface area (Å²) in [5.41, 5.74) is 0. The number of esters is 4. The number of unbranched alkanes of at least 4 members (excludes halogenated alkanes) is 36. The van der Waals surface area contributed by atoms with Crippen molar-refractivity contribution in [3.05, 3.63) is 97.2 Å². The number of hydrogen-bond acceptors (Lipinski definition) is 15. The summed E-state index contributed by atoms with van der Waals surface area (Å²) in [6.07, 6.45) is 82.5. The van der Waals surface area contributed by atoms with Crippen LogP contribution in [0.1, 0.15) is 362 Å². The molecule has 0 aliphatic carbocycles. The van der Waals surface area contributed by atoms with Crippen molar-refractivity contribution in [1.29, 1.82) is 0 Å². The Morgan fingerprint density at radius 2 is 0.490 bits per heavy atom. The van der Waals surface area contributed by atoms with Crippen molar-refractivity contribution in [1.82, 2.24) is 0 Å². The Balaban J connectivity index is 5.43. The number of phosphoric ester groups is 2. The molecular weight excluding hydrogens is 1350 g/mol. The summed E-state index contributed by atoms with van der Waals surface area (Å²) in [7, 11) is -9.98. The molecule has 0 aromatic carbocycles. The van der Waals surface area contributed by atoms with Crippen molar-refractivity contribution >= 4 is 39.5 Å². The van der Waals surface area contributed by atoms with E-state index in [1.165, 1.54) is 135 Å². The van der Waals surface area contributed by atoms with Crippen LogP contribution in [0.2, 0.25) is 0 Å². The van der Waals surface area contributed by atoms with E-state index in [1.54, 1.807) is 0 Å². The van der Waals surface area contributed by atoms with Crippen LogP contribution in [0.15, 0.2) is 97.2 Å². The van der Waals surface area contributed by atoms with Gasteiger partial charge < -0.3 is 33.8 Å². The molecule has 0 heterocycles. The molecule has 0 aromatic heterocycles. The first-order chi connectivity index (χ1) is 50.7. The molecule has 0 spiro atoms. The summed E-state index contributed by atoms with van der Waals surface area (Å²) in [6, 6.07) is 0.